The van der Waals surface area contributed by atoms with Crippen molar-refractivity contribution in [1.82, 2.24) is 14.1 Å². The van der Waals surface area contributed by atoms with E-state index in [2.05, 4.69) is 6.58 Å². The van der Waals surface area contributed by atoms with Crippen molar-refractivity contribution in [3.8, 4) is 11.5 Å². The lowest BCUT2D eigenvalue weighted by Gasteiger charge is -2.26. The number of nitrogens with zero attached hydrogens (tertiary/aromatic N) is 3. The molecule has 1 atom stereocenters. The number of ether oxygens (including phenoxy) is 2. The van der Waals surface area contributed by atoms with E-state index in [1.165, 1.54) is 50.4 Å². The van der Waals surface area contributed by atoms with Crippen LogP contribution in [0.25, 0.3) is 5.76 Å². The highest BCUT2D eigenvalue weighted by atomic mass is 32.2. The lowest BCUT2D eigenvalue weighted by Crippen LogP contribution is -2.32. The highest BCUT2D eigenvalue weighted by Gasteiger charge is 2.46. The Kier molecular flexibility index (Phi) is 9.54. The molecule has 3 rings (SSSR count). The number of carbonyl (C=O) groups is 2. The summed E-state index contributed by atoms with van der Waals surface area (Å²) in [5.41, 5.74) is 0.673. The third kappa shape index (κ3) is 6.32. The minimum absolute atomic E-state index is 0.0320. The number of aliphatic hydroxyl groups excluding tert-OH is 1. The summed E-state index contributed by atoms with van der Waals surface area (Å²) < 4.78 is 37.1. The van der Waals surface area contributed by atoms with Crippen LogP contribution in [-0.4, -0.2) is 94.3 Å². The summed E-state index contributed by atoms with van der Waals surface area (Å²) in [6, 6.07) is 9.70. The van der Waals surface area contributed by atoms with Gasteiger partial charge in [0, 0.05) is 26.2 Å². The third-order valence-electron chi connectivity index (χ3n) is 6.31. The van der Waals surface area contributed by atoms with Crippen molar-refractivity contribution in [2.75, 3.05) is 55.0 Å². The predicted molar refractivity (Wildman–Crippen MR) is 148 cm³/mol. The van der Waals surface area contributed by atoms with E-state index in [1.807, 2.05) is 19.0 Å². The molecule has 1 aliphatic rings. The van der Waals surface area contributed by atoms with Gasteiger partial charge in [-0.1, -0.05) is 18.7 Å². The fourth-order valence-electron chi connectivity index (χ4n) is 4.29. The van der Waals surface area contributed by atoms with Gasteiger partial charge in [0.2, 0.25) is 10.0 Å². The normalized spacial score (nSPS) is 17.2. The lowest BCUT2D eigenvalue weighted by molar-refractivity contribution is -0.139. The molecule has 10 nitrogen and oxygen atoms in total. The topological polar surface area (TPSA) is 117 Å². The Morgan fingerprint density at radius 2 is 1.74 bits per heavy atom. The summed E-state index contributed by atoms with van der Waals surface area (Å²) in [6.07, 6.45) is 2.20. The summed E-state index contributed by atoms with van der Waals surface area (Å²) in [7, 11) is 4.47. The minimum Gasteiger partial charge on any atom is -0.507 e. The molecule has 1 unspecified atom stereocenters. The maximum atomic E-state index is 13.3. The van der Waals surface area contributed by atoms with Crippen LogP contribution in [0.15, 0.2) is 65.6 Å². The smallest absolute Gasteiger partial charge is 0.295 e. The van der Waals surface area contributed by atoms with Gasteiger partial charge in [-0.25, -0.2) is 12.7 Å². The van der Waals surface area contributed by atoms with Crippen molar-refractivity contribution in [3.63, 3.8) is 0 Å². The Hall–Kier alpha value is -3.67. The summed E-state index contributed by atoms with van der Waals surface area (Å²) in [5, 5.41) is 11.3. The Bertz CT molecular complexity index is 1370. The average Bonchev–Trinajstić information content (AvgIpc) is 3.16. The van der Waals surface area contributed by atoms with E-state index in [0.29, 0.717) is 30.0 Å². The van der Waals surface area contributed by atoms with Crippen LogP contribution < -0.4 is 9.47 Å². The first-order valence-corrected chi connectivity index (χ1v) is 13.8. The third-order valence-corrected chi connectivity index (χ3v) is 8.14. The monoisotopic (exact) mass is 557 g/mol. The molecule has 210 valence electrons. The van der Waals surface area contributed by atoms with Crippen LogP contribution in [-0.2, 0) is 19.6 Å². The average molecular weight is 558 g/mol. The van der Waals surface area contributed by atoms with Crippen molar-refractivity contribution in [3.05, 3.63) is 71.8 Å². The van der Waals surface area contributed by atoms with Crippen LogP contribution in [0.1, 0.15) is 23.6 Å². The van der Waals surface area contributed by atoms with E-state index in [0.717, 1.165) is 4.31 Å². The number of likely N-dealkylation sites (tertiary alicyclic amines) is 1. The van der Waals surface area contributed by atoms with Crippen molar-refractivity contribution < 1.29 is 32.6 Å². The molecule has 0 radical (unpaired) electrons. The molecule has 1 aliphatic heterocycles. The number of ketones is 1. The Labute approximate surface area is 229 Å². The van der Waals surface area contributed by atoms with Crippen LogP contribution in [0.2, 0.25) is 0 Å². The zero-order chi connectivity index (χ0) is 28.9. The standard InChI is InChI=1S/C28H35N3O7S/c1-7-17-38-22-14-11-20(18-23(22)37-6)25-24(27(33)28(34)31(25)16-8-15-29(2)3)26(32)19-9-12-21(13-10-19)39(35,36)30(4)5/h7,9-14,18,25,32H,1,8,15-17H2,2-6H3/b26-24-. The van der Waals surface area contributed by atoms with Crippen molar-refractivity contribution in [1.29, 1.82) is 0 Å². The van der Waals surface area contributed by atoms with Crippen molar-refractivity contribution >= 4 is 27.5 Å². The second-order valence-electron chi connectivity index (χ2n) is 9.47. The molecule has 0 bridgehead atoms. The van der Waals surface area contributed by atoms with E-state index in [1.54, 1.807) is 24.3 Å². The molecule has 0 aliphatic carbocycles. The van der Waals surface area contributed by atoms with Gasteiger partial charge in [-0.15, -0.1) is 0 Å². The second-order valence-corrected chi connectivity index (χ2v) is 11.6. The van der Waals surface area contributed by atoms with Crippen LogP contribution in [0.3, 0.4) is 0 Å². The number of aliphatic hydroxyl groups is 1. The predicted octanol–water partition coefficient (Wildman–Crippen LogP) is 2.88. The molecular formula is C28H35N3O7S. The van der Waals surface area contributed by atoms with Gasteiger partial charge in [-0.2, -0.15) is 0 Å². The molecule has 1 N–H and O–H groups in total. The minimum atomic E-state index is -3.69. The molecular weight excluding hydrogens is 522 g/mol. The zero-order valence-electron chi connectivity index (χ0n) is 22.9. The molecule has 1 fully saturated rings. The van der Waals surface area contributed by atoms with Crippen molar-refractivity contribution in [2.24, 2.45) is 0 Å². The first kappa shape index (κ1) is 29.9. The first-order valence-electron chi connectivity index (χ1n) is 12.3. The van der Waals surface area contributed by atoms with Crippen LogP contribution in [0, 0.1) is 0 Å². The first-order chi connectivity index (χ1) is 18.4. The van der Waals surface area contributed by atoms with Gasteiger partial charge < -0.3 is 24.4 Å². The van der Waals surface area contributed by atoms with Gasteiger partial charge in [-0.05, 0) is 69.0 Å². The van der Waals surface area contributed by atoms with Crippen molar-refractivity contribution in [2.45, 2.75) is 17.4 Å². The number of sulfonamides is 1. The number of hydrogen-bond acceptors (Lipinski definition) is 8. The SMILES string of the molecule is C=CCOc1ccc(C2/C(=C(/O)c3ccc(S(=O)(=O)N(C)C)cc3)C(=O)C(=O)N2CCCN(C)C)cc1OC. The zero-order valence-corrected chi connectivity index (χ0v) is 23.7. The van der Waals surface area contributed by atoms with Crippen LogP contribution in [0.5, 0.6) is 11.5 Å². The van der Waals surface area contributed by atoms with Gasteiger partial charge in [0.15, 0.2) is 11.5 Å². The molecule has 39 heavy (non-hydrogen) atoms. The number of Topliss-reactive ketones (excluding diaryl/α,β-unsaturated/α-hetero) is 1. The number of rotatable bonds is 12. The number of amides is 1. The van der Waals surface area contributed by atoms with Gasteiger partial charge >= 0.3 is 0 Å². The van der Waals surface area contributed by atoms with E-state index in [4.69, 9.17) is 9.47 Å². The van der Waals surface area contributed by atoms with Crippen LogP contribution in [0.4, 0.5) is 0 Å². The summed E-state index contributed by atoms with van der Waals surface area (Å²) in [5.74, 6) is -1.08. The van der Waals surface area contributed by atoms with Gasteiger partial charge in [0.25, 0.3) is 11.7 Å². The number of hydrogen-bond donors (Lipinski definition) is 1. The fourth-order valence-corrected chi connectivity index (χ4v) is 5.19. The summed E-state index contributed by atoms with van der Waals surface area (Å²) in [4.78, 5) is 30.0. The molecule has 1 heterocycles. The maximum Gasteiger partial charge on any atom is 0.295 e. The van der Waals surface area contributed by atoms with Gasteiger partial charge in [0.05, 0.1) is 23.6 Å². The van der Waals surface area contributed by atoms with Gasteiger partial charge in [0.1, 0.15) is 12.4 Å². The summed E-state index contributed by atoms with van der Waals surface area (Å²) >= 11 is 0. The number of carbonyl (C=O) groups excluding carboxylic acids is 2. The highest BCUT2D eigenvalue weighted by molar-refractivity contribution is 7.89. The molecule has 1 amide bonds. The Morgan fingerprint density at radius 1 is 1.08 bits per heavy atom. The fraction of sp³-hybridized carbons (Fsp3) is 0.357. The van der Waals surface area contributed by atoms with E-state index >= 15 is 0 Å². The quantitative estimate of drug-likeness (QED) is 0.183. The molecule has 2 aromatic rings. The summed E-state index contributed by atoms with van der Waals surface area (Å²) in [6.45, 7) is 4.88. The Morgan fingerprint density at radius 3 is 2.31 bits per heavy atom. The Balaban J connectivity index is 2.13. The molecule has 1 saturated heterocycles. The largest absolute Gasteiger partial charge is 0.507 e. The number of benzene rings is 2. The van der Waals surface area contributed by atoms with E-state index in [-0.39, 0.29) is 29.2 Å². The molecule has 0 spiro atoms. The molecule has 11 heteroatoms. The molecule has 0 saturated carbocycles. The molecule has 2 aromatic carbocycles. The van der Waals surface area contributed by atoms with Crippen LogP contribution >= 0.6 is 0 Å². The molecule has 0 aromatic heterocycles. The maximum absolute atomic E-state index is 13.3. The van der Waals surface area contributed by atoms with E-state index < -0.39 is 33.5 Å². The lowest BCUT2D eigenvalue weighted by atomic mass is 9.95. The number of methoxy groups -OCH3 is 1. The van der Waals surface area contributed by atoms with Gasteiger partial charge in [-0.3, -0.25) is 9.59 Å². The van der Waals surface area contributed by atoms with E-state index in [9.17, 15) is 23.1 Å². The highest BCUT2D eigenvalue weighted by Crippen LogP contribution is 2.42. The second kappa shape index (κ2) is 12.5.